The molecule has 0 unspecified atom stereocenters. The van der Waals surface area contributed by atoms with Gasteiger partial charge in [-0.3, -0.25) is 9.59 Å². The van der Waals surface area contributed by atoms with Crippen LogP contribution >= 0.6 is 0 Å². The zero-order chi connectivity index (χ0) is 12.6. The molecule has 0 saturated carbocycles. The van der Waals surface area contributed by atoms with E-state index in [1.165, 1.54) is 20.3 Å². The number of ether oxygens (including phenoxy) is 1. The van der Waals surface area contributed by atoms with E-state index in [9.17, 15) is 9.59 Å². The molecular formula is C13H18O3. The van der Waals surface area contributed by atoms with Gasteiger partial charge in [0.2, 0.25) is 0 Å². The Labute approximate surface area is 96.4 Å². The SMILES string of the molecule is CC(=O)Oc1ccccc1C(C)=O.CCC. The van der Waals surface area contributed by atoms with E-state index < -0.39 is 5.97 Å². The van der Waals surface area contributed by atoms with Crippen LogP contribution < -0.4 is 4.74 Å². The second-order valence-electron chi connectivity index (χ2n) is 3.35. The maximum atomic E-state index is 11.1. The summed E-state index contributed by atoms with van der Waals surface area (Å²) in [6.45, 7) is 6.99. The Kier molecular flexibility index (Phi) is 6.84. The lowest BCUT2D eigenvalue weighted by molar-refractivity contribution is -0.131. The summed E-state index contributed by atoms with van der Waals surface area (Å²) in [5, 5.41) is 0. The van der Waals surface area contributed by atoms with Crippen LogP contribution in [0.2, 0.25) is 0 Å². The van der Waals surface area contributed by atoms with Crippen molar-refractivity contribution in [2.24, 2.45) is 0 Å². The summed E-state index contributed by atoms with van der Waals surface area (Å²) in [6, 6.07) is 6.66. The van der Waals surface area contributed by atoms with Crippen molar-refractivity contribution in [2.45, 2.75) is 34.1 Å². The third kappa shape index (κ3) is 5.29. The highest BCUT2D eigenvalue weighted by atomic mass is 16.5. The summed E-state index contributed by atoms with van der Waals surface area (Å²) >= 11 is 0. The van der Waals surface area contributed by atoms with Crippen LogP contribution in [-0.2, 0) is 4.79 Å². The van der Waals surface area contributed by atoms with Crippen molar-refractivity contribution in [3.05, 3.63) is 29.8 Å². The Morgan fingerprint density at radius 3 is 2.06 bits per heavy atom. The molecule has 3 heteroatoms. The minimum atomic E-state index is -0.422. The average Bonchev–Trinajstić information content (AvgIpc) is 2.18. The van der Waals surface area contributed by atoms with Gasteiger partial charge in [-0.25, -0.2) is 0 Å². The second-order valence-corrected chi connectivity index (χ2v) is 3.35. The van der Waals surface area contributed by atoms with Crippen LogP contribution in [-0.4, -0.2) is 11.8 Å². The second kappa shape index (κ2) is 7.63. The molecule has 1 aromatic rings. The van der Waals surface area contributed by atoms with Gasteiger partial charge in [0.1, 0.15) is 5.75 Å². The molecule has 0 spiro atoms. The Morgan fingerprint density at radius 2 is 1.62 bits per heavy atom. The first kappa shape index (κ1) is 14.4. The molecule has 88 valence electrons. The van der Waals surface area contributed by atoms with E-state index in [-0.39, 0.29) is 5.78 Å². The van der Waals surface area contributed by atoms with Gasteiger partial charge >= 0.3 is 5.97 Å². The van der Waals surface area contributed by atoms with E-state index in [1.54, 1.807) is 24.3 Å². The van der Waals surface area contributed by atoms with Crippen molar-refractivity contribution in [2.75, 3.05) is 0 Å². The van der Waals surface area contributed by atoms with E-state index in [1.807, 2.05) is 0 Å². The average molecular weight is 222 g/mol. The fraction of sp³-hybridized carbons (Fsp3) is 0.385. The van der Waals surface area contributed by atoms with Crippen molar-refractivity contribution >= 4 is 11.8 Å². The Hall–Kier alpha value is -1.64. The van der Waals surface area contributed by atoms with Gasteiger partial charge in [0.15, 0.2) is 5.78 Å². The number of Topliss-reactive ketones (excluding diaryl/α,β-unsaturated/α-hetero) is 1. The predicted molar refractivity (Wildman–Crippen MR) is 63.7 cm³/mol. The summed E-state index contributed by atoms with van der Waals surface area (Å²) in [4.78, 5) is 21.7. The molecule has 0 N–H and O–H groups in total. The monoisotopic (exact) mass is 222 g/mol. The van der Waals surface area contributed by atoms with Gasteiger partial charge in [0.05, 0.1) is 5.56 Å². The van der Waals surface area contributed by atoms with Crippen molar-refractivity contribution in [1.82, 2.24) is 0 Å². The molecule has 0 aromatic heterocycles. The highest BCUT2D eigenvalue weighted by Gasteiger charge is 2.08. The first-order valence-corrected chi connectivity index (χ1v) is 5.31. The van der Waals surface area contributed by atoms with Gasteiger partial charge < -0.3 is 4.74 Å². The van der Waals surface area contributed by atoms with Gasteiger partial charge in [-0.05, 0) is 19.1 Å². The molecule has 1 aromatic carbocycles. The van der Waals surface area contributed by atoms with Crippen LogP contribution in [0.5, 0.6) is 5.75 Å². The van der Waals surface area contributed by atoms with Crippen LogP contribution in [0.25, 0.3) is 0 Å². The number of hydrogen-bond acceptors (Lipinski definition) is 3. The Morgan fingerprint density at radius 1 is 1.12 bits per heavy atom. The van der Waals surface area contributed by atoms with E-state index in [0.29, 0.717) is 11.3 Å². The lowest BCUT2D eigenvalue weighted by Crippen LogP contribution is -2.05. The van der Waals surface area contributed by atoms with Gasteiger partial charge in [-0.15, -0.1) is 0 Å². The summed E-state index contributed by atoms with van der Waals surface area (Å²) in [5.74, 6) is -0.215. The molecule has 3 nitrogen and oxygen atoms in total. The van der Waals surface area contributed by atoms with E-state index in [4.69, 9.17) is 4.74 Å². The van der Waals surface area contributed by atoms with Crippen LogP contribution in [0.4, 0.5) is 0 Å². The fourth-order valence-electron chi connectivity index (χ4n) is 1.00. The van der Waals surface area contributed by atoms with Gasteiger partial charge in [0.25, 0.3) is 0 Å². The summed E-state index contributed by atoms with van der Waals surface area (Å²) in [5.41, 5.74) is 0.428. The van der Waals surface area contributed by atoms with Crippen molar-refractivity contribution in [1.29, 1.82) is 0 Å². The first-order valence-electron chi connectivity index (χ1n) is 5.31. The summed E-state index contributed by atoms with van der Waals surface area (Å²) in [6.07, 6.45) is 1.25. The molecule has 0 radical (unpaired) electrons. The third-order valence-electron chi connectivity index (χ3n) is 1.52. The number of ketones is 1. The van der Waals surface area contributed by atoms with Crippen molar-refractivity contribution in [3.8, 4) is 5.75 Å². The molecule has 0 aliphatic rings. The summed E-state index contributed by atoms with van der Waals surface area (Å²) < 4.78 is 4.85. The molecule has 0 heterocycles. The number of rotatable bonds is 2. The molecule has 0 bridgehead atoms. The number of carbonyl (C=O) groups excluding carboxylic acids is 2. The highest BCUT2D eigenvalue weighted by molar-refractivity contribution is 5.97. The highest BCUT2D eigenvalue weighted by Crippen LogP contribution is 2.18. The topological polar surface area (TPSA) is 43.4 Å². The molecule has 0 atom stereocenters. The number of hydrogen-bond donors (Lipinski definition) is 0. The number of para-hydroxylation sites is 1. The largest absolute Gasteiger partial charge is 0.426 e. The molecule has 0 saturated heterocycles. The van der Waals surface area contributed by atoms with E-state index >= 15 is 0 Å². The van der Waals surface area contributed by atoms with Gasteiger partial charge in [0, 0.05) is 6.92 Å². The Bertz CT molecular complexity index is 356. The fourth-order valence-corrected chi connectivity index (χ4v) is 1.00. The quantitative estimate of drug-likeness (QED) is 0.438. The van der Waals surface area contributed by atoms with Crippen LogP contribution in [0, 0.1) is 0 Å². The first-order chi connectivity index (χ1) is 7.52. The molecule has 0 fully saturated rings. The Balaban J connectivity index is 0.000000673. The predicted octanol–water partition coefficient (Wildman–Crippen LogP) is 3.23. The van der Waals surface area contributed by atoms with Crippen LogP contribution in [0.3, 0.4) is 0 Å². The smallest absolute Gasteiger partial charge is 0.308 e. The third-order valence-corrected chi connectivity index (χ3v) is 1.52. The zero-order valence-corrected chi connectivity index (χ0v) is 10.2. The van der Waals surface area contributed by atoms with E-state index in [0.717, 1.165) is 0 Å². The molecule has 0 aliphatic heterocycles. The van der Waals surface area contributed by atoms with Crippen molar-refractivity contribution < 1.29 is 14.3 Å². The van der Waals surface area contributed by atoms with Gasteiger partial charge in [-0.1, -0.05) is 32.4 Å². The van der Waals surface area contributed by atoms with Crippen LogP contribution in [0.1, 0.15) is 44.5 Å². The lowest BCUT2D eigenvalue weighted by atomic mass is 10.1. The molecule has 1 rings (SSSR count). The van der Waals surface area contributed by atoms with Gasteiger partial charge in [-0.2, -0.15) is 0 Å². The maximum Gasteiger partial charge on any atom is 0.308 e. The minimum Gasteiger partial charge on any atom is -0.426 e. The lowest BCUT2D eigenvalue weighted by Gasteiger charge is -2.04. The number of carbonyl (C=O) groups is 2. The number of benzene rings is 1. The van der Waals surface area contributed by atoms with E-state index in [2.05, 4.69) is 13.8 Å². The molecule has 0 aliphatic carbocycles. The zero-order valence-electron chi connectivity index (χ0n) is 10.2. The standard InChI is InChI=1S/C10H10O3.C3H8/c1-7(11)9-5-3-4-6-10(9)13-8(2)12;1-3-2/h3-6H,1-2H3;3H2,1-2H3. The normalized spacial score (nSPS) is 8.75. The molecule has 16 heavy (non-hydrogen) atoms. The van der Waals surface area contributed by atoms with Crippen molar-refractivity contribution in [3.63, 3.8) is 0 Å². The van der Waals surface area contributed by atoms with Crippen LogP contribution in [0.15, 0.2) is 24.3 Å². The summed E-state index contributed by atoms with van der Waals surface area (Å²) in [7, 11) is 0. The number of esters is 1. The molecular weight excluding hydrogens is 204 g/mol. The maximum absolute atomic E-state index is 11.1. The minimum absolute atomic E-state index is 0.114. The molecule has 0 amide bonds.